The molecule has 0 aliphatic heterocycles. The molecule has 1 atom stereocenters. The standard InChI is InChI=1S/C12H19N3OS/c1-2-11(12(16)14-13)15(9-5-6-9)8-10-4-3-7-17-10/h3-4,7,9,11H,2,5-6,8,13H2,1H3,(H,14,16). The molecule has 3 N–H and O–H groups in total. The number of hydrogen-bond donors (Lipinski definition) is 2. The van der Waals surface area contributed by atoms with Crippen molar-refractivity contribution in [3.05, 3.63) is 22.4 Å². The van der Waals surface area contributed by atoms with Crippen molar-refractivity contribution < 1.29 is 4.79 Å². The van der Waals surface area contributed by atoms with E-state index in [0.29, 0.717) is 6.04 Å². The van der Waals surface area contributed by atoms with Crippen molar-refractivity contribution in [2.45, 2.75) is 44.8 Å². The van der Waals surface area contributed by atoms with Gasteiger partial charge >= 0.3 is 0 Å². The Balaban J connectivity index is 2.07. The van der Waals surface area contributed by atoms with Crippen molar-refractivity contribution in [3.63, 3.8) is 0 Å². The Morgan fingerprint density at radius 1 is 1.71 bits per heavy atom. The first-order valence-corrected chi connectivity index (χ1v) is 6.92. The average Bonchev–Trinajstić information content (AvgIpc) is 3.06. The first-order valence-electron chi connectivity index (χ1n) is 6.04. The van der Waals surface area contributed by atoms with Gasteiger partial charge in [0.25, 0.3) is 5.91 Å². The van der Waals surface area contributed by atoms with Gasteiger partial charge < -0.3 is 0 Å². The molecule has 0 aromatic carbocycles. The van der Waals surface area contributed by atoms with Crippen LogP contribution in [-0.2, 0) is 11.3 Å². The molecule has 1 aliphatic rings. The van der Waals surface area contributed by atoms with Gasteiger partial charge in [0, 0.05) is 17.5 Å². The number of hydrogen-bond acceptors (Lipinski definition) is 4. The molecule has 1 aliphatic carbocycles. The summed E-state index contributed by atoms with van der Waals surface area (Å²) in [5, 5.41) is 2.07. The largest absolute Gasteiger partial charge is 0.293 e. The molecule has 4 nitrogen and oxygen atoms in total. The lowest BCUT2D eigenvalue weighted by atomic mass is 10.1. The normalized spacial score (nSPS) is 17.1. The van der Waals surface area contributed by atoms with Crippen molar-refractivity contribution in [2.24, 2.45) is 5.84 Å². The Morgan fingerprint density at radius 2 is 2.47 bits per heavy atom. The summed E-state index contributed by atoms with van der Waals surface area (Å²) in [4.78, 5) is 15.4. The van der Waals surface area contributed by atoms with Crippen LogP contribution in [-0.4, -0.2) is 22.9 Å². The van der Waals surface area contributed by atoms with Crippen LogP contribution in [0.5, 0.6) is 0 Å². The third kappa shape index (κ3) is 3.06. The summed E-state index contributed by atoms with van der Waals surface area (Å²) in [6.45, 7) is 2.89. The molecule has 0 bridgehead atoms. The van der Waals surface area contributed by atoms with E-state index in [-0.39, 0.29) is 11.9 Å². The minimum atomic E-state index is -0.102. The van der Waals surface area contributed by atoms with Crippen LogP contribution < -0.4 is 11.3 Å². The number of nitrogens with one attached hydrogen (secondary N) is 1. The molecule has 1 aromatic rings. The number of carbonyl (C=O) groups excluding carboxylic acids is 1. The summed E-state index contributed by atoms with van der Waals surface area (Å²) in [5.74, 6) is 5.18. The van der Waals surface area contributed by atoms with Crippen molar-refractivity contribution in [1.29, 1.82) is 0 Å². The molecule has 1 amide bonds. The van der Waals surface area contributed by atoms with Gasteiger partial charge in [-0.1, -0.05) is 13.0 Å². The number of carbonyl (C=O) groups is 1. The zero-order valence-electron chi connectivity index (χ0n) is 10.1. The zero-order valence-corrected chi connectivity index (χ0v) is 10.9. The molecule has 1 unspecified atom stereocenters. The Morgan fingerprint density at radius 3 is 2.94 bits per heavy atom. The van der Waals surface area contributed by atoms with E-state index >= 15 is 0 Å². The number of nitrogens with zero attached hydrogens (tertiary/aromatic N) is 1. The summed E-state index contributed by atoms with van der Waals surface area (Å²) in [6, 6.07) is 4.62. The lowest BCUT2D eigenvalue weighted by Crippen LogP contribution is -2.49. The van der Waals surface area contributed by atoms with Crippen LogP contribution in [0.15, 0.2) is 17.5 Å². The number of hydrazine groups is 1. The molecule has 0 spiro atoms. The van der Waals surface area contributed by atoms with E-state index in [0.717, 1.165) is 13.0 Å². The van der Waals surface area contributed by atoms with Gasteiger partial charge in [0.05, 0.1) is 6.04 Å². The fraction of sp³-hybridized carbons (Fsp3) is 0.583. The van der Waals surface area contributed by atoms with Crippen LogP contribution in [0.3, 0.4) is 0 Å². The van der Waals surface area contributed by atoms with Crippen molar-refractivity contribution in [2.75, 3.05) is 0 Å². The SMILES string of the molecule is CCC(C(=O)NN)N(Cc1cccs1)C1CC1. The van der Waals surface area contributed by atoms with Crippen LogP contribution in [0.4, 0.5) is 0 Å². The van der Waals surface area contributed by atoms with Crippen LogP contribution in [0, 0.1) is 0 Å². The van der Waals surface area contributed by atoms with Gasteiger partial charge in [-0.2, -0.15) is 0 Å². The van der Waals surface area contributed by atoms with Crippen LogP contribution in [0.2, 0.25) is 0 Å². The maximum absolute atomic E-state index is 11.8. The molecule has 1 saturated carbocycles. The third-order valence-electron chi connectivity index (χ3n) is 3.17. The van der Waals surface area contributed by atoms with E-state index in [1.165, 1.54) is 17.7 Å². The molecule has 0 saturated heterocycles. The van der Waals surface area contributed by atoms with Crippen molar-refractivity contribution in [3.8, 4) is 0 Å². The molecule has 1 fully saturated rings. The highest BCUT2D eigenvalue weighted by Gasteiger charge is 2.36. The minimum absolute atomic E-state index is 0.0732. The smallest absolute Gasteiger partial charge is 0.251 e. The molecule has 1 aromatic heterocycles. The van der Waals surface area contributed by atoms with Crippen LogP contribution >= 0.6 is 11.3 Å². The van der Waals surface area contributed by atoms with E-state index in [1.54, 1.807) is 11.3 Å². The molecule has 94 valence electrons. The zero-order chi connectivity index (χ0) is 12.3. The predicted molar refractivity (Wildman–Crippen MR) is 69.3 cm³/mol. The first kappa shape index (κ1) is 12.5. The number of amides is 1. The maximum Gasteiger partial charge on any atom is 0.251 e. The Kier molecular flexibility index (Phi) is 4.15. The van der Waals surface area contributed by atoms with Crippen molar-refractivity contribution in [1.82, 2.24) is 10.3 Å². The predicted octanol–water partition coefficient (Wildman–Crippen LogP) is 1.48. The Hall–Kier alpha value is -0.910. The van der Waals surface area contributed by atoms with Gasteiger partial charge in [0.15, 0.2) is 0 Å². The van der Waals surface area contributed by atoms with E-state index in [2.05, 4.69) is 27.8 Å². The second-order valence-electron chi connectivity index (χ2n) is 4.42. The van der Waals surface area contributed by atoms with Gasteiger partial charge in [-0.15, -0.1) is 11.3 Å². The molecule has 0 radical (unpaired) electrons. The van der Waals surface area contributed by atoms with Gasteiger partial charge in [-0.05, 0) is 30.7 Å². The highest BCUT2D eigenvalue weighted by atomic mass is 32.1. The van der Waals surface area contributed by atoms with E-state index in [1.807, 2.05) is 6.92 Å². The number of rotatable bonds is 6. The number of thiophene rings is 1. The van der Waals surface area contributed by atoms with Crippen molar-refractivity contribution >= 4 is 17.2 Å². The summed E-state index contributed by atoms with van der Waals surface area (Å²) in [7, 11) is 0. The van der Waals surface area contributed by atoms with Crippen LogP contribution in [0.25, 0.3) is 0 Å². The Bertz CT molecular complexity index is 362. The molecular formula is C12H19N3OS. The fourth-order valence-electron chi connectivity index (χ4n) is 2.15. The fourth-order valence-corrected chi connectivity index (χ4v) is 2.86. The third-order valence-corrected chi connectivity index (χ3v) is 4.03. The van der Waals surface area contributed by atoms with E-state index < -0.39 is 0 Å². The topological polar surface area (TPSA) is 58.4 Å². The summed E-state index contributed by atoms with van der Waals surface area (Å²) in [5.41, 5.74) is 2.28. The lowest BCUT2D eigenvalue weighted by molar-refractivity contribution is -0.127. The maximum atomic E-state index is 11.8. The van der Waals surface area contributed by atoms with E-state index in [9.17, 15) is 4.79 Å². The molecule has 2 rings (SSSR count). The van der Waals surface area contributed by atoms with Crippen LogP contribution in [0.1, 0.15) is 31.1 Å². The van der Waals surface area contributed by atoms with Gasteiger partial charge in [0.1, 0.15) is 0 Å². The molecule has 5 heteroatoms. The second-order valence-corrected chi connectivity index (χ2v) is 5.45. The summed E-state index contributed by atoms with van der Waals surface area (Å²) in [6.07, 6.45) is 3.18. The number of nitrogens with two attached hydrogens (primary N) is 1. The molecule has 17 heavy (non-hydrogen) atoms. The molecule has 1 heterocycles. The minimum Gasteiger partial charge on any atom is -0.293 e. The highest BCUT2D eigenvalue weighted by molar-refractivity contribution is 7.09. The average molecular weight is 253 g/mol. The summed E-state index contributed by atoms with van der Waals surface area (Å²) >= 11 is 1.74. The highest BCUT2D eigenvalue weighted by Crippen LogP contribution is 2.31. The Labute approximate surface area is 106 Å². The molecular weight excluding hydrogens is 234 g/mol. The van der Waals surface area contributed by atoms with Gasteiger partial charge in [0.2, 0.25) is 0 Å². The lowest BCUT2D eigenvalue weighted by Gasteiger charge is -2.29. The van der Waals surface area contributed by atoms with Gasteiger partial charge in [-0.3, -0.25) is 15.1 Å². The van der Waals surface area contributed by atoms with E-state index in [4.69, 9.17) is 5.84 Å². The monoisotopic (exact) mass is 253 g/mol. The quantitative estimate of drug-likeness (QED) is 0.459. The summed E-state index contributed by atoms with van der Waals surface area (Å²) < 4.78 is 0. The second kappa shape index (κ2) is 5.62. The van der Waals surface area contributed by atoms with Gasteiger partial charge in [-0.25, -0.2) is 5.84 Å². The first-order chi connectivity index (χ1) is 8.26.